The summed E-state index contributed by atoms with van der Waals surface area (Å²) < 4.78 is 0. The van der Waals surface area contributed by atoms with Gasteiger partial charge >= 0.3 is 0 Å². The number of rotatable bonds is 1. The number of aliphatic hydroxyl groups is 1. The summed E-state index contributed by atoms with van der Waals surface area (Å²) in [4.78, 5) is 5.85. The average Bonchev–Trinajstić information content (AvgIpc) is 2.46. The summed E-state index contributed by atoms with van der Waals surface area (Å²) in [6.07, 6.45) is 3.10. The number of thiazole rings is 1. The molecule has 2 nitrogen and oxygen atoms in total. The van der Waals surface area contributed by atoms with Crippen molar-refractivity contribution in [3.63, 3.8) is 0 Å². The highest BCUT2D eigenvalue weighted by Crippen LogP contribution is 2.31. The largest absolute Gasteiger partial charge is 0.386 e. The minimum atomic E-state index is -0.397. The Morgan fingerprint density at radius 2 is 2.38 bits per heavy atom. The lowest BCUT2D eigenvalue weighted by Gasteiger charge is -2.15. The number of aromatic nitrogens is 1. The van der Waals surface area contributed by atoms with Crippen molar-refractivity contribution in [2.75, 3.05) is 0 Å². The van der Waals surface area contributed by atoms with E-state index in [0.29, 0.717) is 0 Å². The highest BCUT2D eigenvalue weighted by Gasteiger charge is 2.20. The third-order valence-corrected chi connectivity index (χ3v) is 3.85. The molecule has 0 saturated carbocycles. The van der Waals surface area contributed by atoms with E-state index in [4.69, 9.17) is 0 Å². The van der Waals surface area contributed by atoms with Crippen molar-refractivity contribution in [1.29, 1.82) is 0 Å². The molecular weight excluding hydrogens is 182 g/mol. The van der Waals surface area contributed by atoms with Crippen molar-refractivity contribution in [3.8, 4) is 0 Å². The Kier molecular flexibility index (Phi) is 2.39. The van der Waals surface area contributed by atoms with Gasteiger partial charge in [-0.05, 0) is 32.1 Å². The lowest BCUT2D eigenvalue weighted by atomic mass is 9.93. The molecule has 2 rings (SSSR count). The van der Waals surface area contributed by atoms with E-state index in [1.54, 1.807) is 18.3 Å². The maximum Gasteiger partial charge on any atom is 0.121 e. The molecule has 1 N–H and O–H groups in total. The van der Waals surface area contributed by atoms with Crippen LogP contribution < -0.4 is 0 Å². The molecule has 1 aromatic heterocycles. The Morgan fingerprint density at radius 3 is 3.08 bits per heavy atom. The third kappa shape index (κ3) is 1.76. The van der Waals surface area contributed by atoms with E-state index in [9.17, 15) is 5.11 Å². The molecule has 1 aliphatic carbocycles. The second kappa shape index (κ2) is 3.39. The molecule has 3 heteroatoms. The lowest BCUT2D eigenvalue weighted by Crippen LogP contribution is -2.09. The monoisotopic (exact) mass is 197 g/mol. The second-order valence-corrected chi connectivity index (χ2v) is 5.06. The Morgan fingerprint density at radius 1 is 1.62 bits per heavy atom. The van der Waals surface area contributed by atoms with E-state index in [0.717, 1.165) is 23.8 Å². The van der Waals surface area contributed by atoms with Gasteiger partial charge in [0.2, 0.25) is 0 Å². The standard InChI is InChI=1S/C10H15NOS/c1-6-3-4-8-9(5-6)13-10(11-8)7(2)12/h6-7,12H,3-5H2,1-2H3. The Hall–Kier alpha value is -0.410. The highest BCUT2D eigenvalue weighted by atomic mass is 32.1. The predicted molar refractivity (Wildman–Crippen MR) is 53.9 cm³/mol. The Labute approximate surface area is 82.6 Å². The highest BCUT2D eigenvalue weighted by molar-refractivity contribution is 7.11. The minimum absolute atomic E-state index is 0.397. The van der Waals surface area contributed by atoms with Gasteiger partial charge in [0.05, 0.1) is 5.69 Å². The molecule has 72 valence electrons. The van der Waals surface area contributed by atoms with Crippen LogP contribution in [0, 0.1) is 5.92 Å². The zero-order valence-electron chi connectivity index (χ0n) is 8.08. The van der Waals surface area contributed by atoms with Gasteiger partial charge in [-0.25, -0.2) is 4.98 Å². The van der Waals surface area contributed by atoms with Gasteiger partial charge in [0.25, 0.3) is 0 Å². The van der Waals surface area contributed by atoms with Crippen LogP contribution in [0.1, 0.15) is 42.0 Å². The molecule has 1 heterocycles. The summed E-state index contributed by atoms with van der Waals surface area (Å²) in [6, 6.07) is 0. The summed E-state index contributed by atoms with van der Waals surface area (Å²) in [7, 11) is 0. The topological polar surface area (TPSA) is 33.1 Å². The van der Waals surface area contributed by atoms with E-state index in [1.165, 1.54) is 17.0 Å². The average molecular weight is 197 g/mol. The van der Waals surface area contributed by atoms with Gasteiger partial charge in [-0.15, -0.1) is 11.3 Å². The van der Waals surface area contributed by atoms with Gasteiger partial charge in [0.1, 0.15) is 11.1 Å². The summed E-state index contributed by atoms with van der Waals surface area (Å²) in [6.45, 7) is 4.07. The van der Waals surface area contributed by atoms with Gasteiger partial charge in [-0.1, -0.05) is 6.92 Å². The van der Waals surface area contributed by atoms with E-state index in [2.05, 4.69) is 11.9 Å². The van der Waals surface area contributed by atoms with Gasteiger partial charge in [0, 0.05) is 4.88 Å². The molecule has 0 saturated heterocycles. The van der Waals surface area contributed by atoms with Crippen LogP contribution in [-0.2, 0) is 12.8 Å². The molecule has 0 amide bonds. The normalized spacial score (nSPS) is 24.1. The van der Waals surface area contributed by atoms with Crippen LogP contribution in [-0.4, -0.2) is 10.1 Å². The summed E-state index contributed by atoms with van der Waals surface area (Å²) in [5, 5.41) is 10.3. The zero-order valence-corrected chi connectivity index (χ0v) is 8.90. The van der Waals surface area contributed by atoms with Gasteiger partial charge < -0.3 is 5.11 Å². The van der Waals surface area contributed by atoms with Gasteiger partial charge in [-0.2, -0.15) is 0 Å². The smallest absolute Gasteiger partial charge is 0.121 e. The van der Waals surface area contributed by atoms with Crippen molar-refractivity contribution in [3.05, 3.63) is 15.6 Å². The zero-order chi connectivity index (χ0) is 9.42. The first-order valence-electron chi connectivity index (χ1n) is 4.83. The SMILES string of the molecule is CC1CCc2nc(C(C)O)sc2C1. The molecule has 2 unspecified atom stereocenters. The second-order valence-electron chi connectivity index (χ2n) is 3.95. The molecular formula is C10H15NOS. The quantitative estimate of drug-likeness (QED) is 0.749. The first kappa shape index (κ1) is 9.16. The fourth-order valence-electron chi connectivity index (χ4n) is 1.74. The van der Waals surface area contributed by atoms with Gasteiger partial charge in [0.15, 0.2) is 0 Å². The van der Waals surface area contributed by atoms with Crippen LogP contribution in [0.2, 0.25) is 0 Å². The Balaban J connectivity index is 2.28. The van der Waals surface area contributed by atoms with Crippen molar-refractivity contribution < 1.29 is 5.11 Å². The van der Waals surface area contributed by atoms with Crippen LogP contribution in [0.4, 0.5) is 0 Å². The summed E-state index contributed by atoms with van der Waals surface area (Å²) in [5.41, 5.74) is 1.24. The van der Waals surface area contributed by atoms with Crippen LogP contribution in [0.15, 0.2) is 0 Å². The summed E-state index contributed by atoms with van der Waals surface area (Å²) in [5.74, 6) is 0.787. The number of hydrogen-bond acceptors (Lipinski definition) is 3. The third-order valence-electron chi connectivity index (χ3n) is 2.56. The fourth-order valence-corrected chi connectivity index (χ4v) is 2.95. The molecule has 0 spiro atoms. The van der Waals surface area contributed by atoms with Crippen LogP contribution in [0.3, 0.4) is 0 Å². The minimum Gasteiger partial charge on any atom is -0.386 e. The van der Waals surface area contributed by atoms with Crippen LogP contribution in [0.5, 0.6) is 0 Å². The van der Waals surface area contributed by atoms with Crippen molar-refractivity contribution in [2.45, 2.75) is 39.2 Å². The Bertz CT molecular complexity index is 306. The number of hydrogen-bond donors (Lipinski definition) is 1. The predicted octanol–water partition coefficient (Wildman–Crippen LogP) is 2.32. The number of aliphatic hydroxyl groups excluding tert-OH is 1. The molecule has 1 aromatic rings. The molecule has 0 radical (unpaired) electrons. The van der Waals surface area contributed by atoms with E-state index in [1.807, 2.05) is 0 Å². The maximum absolute atomic E-state index is 9.39. The number of nitrogens with zero attached hydrogens (tertiary/aromatic N) is 1. The van der Waals surface area contributed by atoms with Gasteiger partial charge in [-0.3, -0.25) is 0 Å². The molecule has 2 atom stereocenters. The molecule has 0 bridgehead atoms. The van der Waals surface area contributed by atoms with E-state index >= 15 is 0 Å². The summed E-state index contributed by atoms with van der Waals surface area (Å²) >= 11 is 1.69. The fraction of sp³-hybridized carbons (Fsp3) is 0.700. The number of fused-ring (bicyclic) bond motifs is 1. The van der Waals surface area contributed by atoms with E-state index < -0.39 is 6.10 Å². The lowest BCUT2D eigenvalue weighted by molar-refractivity contribution is 0.198. The molecule has 0 aromatic carbocycles. The first-order valence-corrected chi connectivity index (χ1v) is 5.65. The molecule has 1 aliphatic rings. The van der Waals surface area contributed by atoms with Crippen molar-refractivity contribution in [2.24, 2.45) is 5.92 Å². The van der Waals surface area contributed by atoms with Crippen molar-refractivity contribution >= 4 is 11.3 Å². The van der Waals surface area contributed by atoms with Crippen LogP contribution in [0.25, 0.3) is 0 Å². The van der Waals surface area contributed by atoms with Crippen molar-refractivity contribution in [1.82, 2.24) is 4.98 Å². The number of aryl methyl sites for hydroxylation is 1. The first-order chi connectivity index (χ1) is 6.16. The van der Waals surface area contributed by atoms with Crippen LogP contribution >= 0.6 is 11.3 Å². The molecule has 0 aliphatic heterocycles. The molecule has 0 fully saturated rings. The van der Waals surface area contributed by atoms with E-state index in [-0.39, 0.29) is 0 Å². The maximum atomic E-state index is 9.39. The molecule has 13 heavy (non-hydrogen) atoms.